The van der Waals surface area contributed by atoms with Gasteiger partial charge in [-0.1, -0.05) is 13.3 Å². The molecule has 0 radical (unpaired) electrons. The van der Waals surface area contributed by atoms with Gasteiger partial charge < -0.3 is 9.64 Å². The van der Waals surface area contributed by atoms with E-state index in [1.807, 2.05) is 6.92 Å². The van der Waals surface area contributed by atoms with Gasteiger partial charge in [0.15, 0.2) is 5.82 Å². The van der Waals surface area contributed by atoms with Crippen LogP contribution in [0.3, 0.4) is 0 Å². The molecule has 0 spiro atoms. The molecular formula is C17H19F3N2O5. The summed E-state index contributed by atoms with van der Waals surface area (Å²) >= 11 is 0. The van der Waals surface area contributed by atoms with Crippen LogP contribution in [0.4, 0.5) is 18.9 Å². The predicted octanol–water partition coefficient (Wildman–Crippen LogP) is 3.29. The number of esters is 1. The van der Waals surface area contributed by atoms with Crippen LogP contribution in [0, 0.1) is 34.5 Å². The molecule has 27 heavy (non-hydrogen) atoms. The maximum Gasteiger partial charge on any atom is 0.343 e. The summed E-state index contributed by atoms with van der Waals surface area (Å²) in [5.74, 6) is -8.00. The van der Waals surface area contributed by atoms with E-state index in [2.05, 4.69) is 0 Å². The van der Waals surface area contributed by atoms with Gasteiger partial charge in [-0.15, -0.1) is 0 Å². The highest BCUT2D eigenvalue weighted by Crippen LogP contribution is 2.32. The number of nitro groups is 1. The monoisotopic (exact) mass is 388 g/mol. The summed E-state index contributed by atoms with van der Waals surface area (Å²) in [5.41, 5.74) is -4.67. The van der Waals surface area contributed by atoms with E-state index in [0.717, 1.165) is 13.1 Å². The molecule has 0 fully saturated rings. The van der Waals surface area contributed by atoms with Gasteiger partial charge in [0.1, 0.15) is 17.0 Å². The van der Waals surface area contributed by atoms with Gasteiger partial charge in [-0.3, -0.25) is 14.9 Å². The van der Waals surface area contributed by atoms with Gasteiger partial charge in [-0.25, -0.2) is 13.6 Å². The van der Waals surface area contributed by atoms with Crippen molar-refractivity contribution in [1.82, 2.24) is 4.90 Å². The van der Waals surface area contributed by atoms with E-state index < -0.39 is 56.5 Å². The third kappa shape index (κ3) is 4.83. The second-order valence-corrected chi connectivity index (χ2v) is 5.87. The molecule has 0 aliphatic rings. The number of ether oxygens (including phenoxy) is 1. The average molecular weight is 388 g/mol. The highest BCUT2D eigenvalue weighted by atomic mass is 19.2. The summed E-state index contributed by atoms with van der Waals surface area (Å²) in [6.07, 6.45) is 2.15. The van der Waals surface area contributed by atoms with Crippen molar-refractivity contribution in [1.29, 1.82) is 0 Å². The van der Waals surface area contributed by atoms with E-state index in [1.165, 1.54) is 19.0 Å². The van der Waals surface area contributed by atoms with Crippen molar-refractivity contribution >= 4 is 17.4 Å². The Morgan fingerprint density at radius 3 is 2.26 bits per heavy atom. The molecule has 0 heterocycles. The molecule has 0 bridgehead atoms. The van der Waals surface area contributed by atoms with Gasteiger partial charge in [-0.05, 0) is 13.3 Å². The van der Waals surface area contributed by atoms with Crippen LogP contribution in [-0.2, 0) is 9.53 Å². The van der Waals surface area contributed by atoms with Crippen LogP contribution in [0.25, 0.3) is 0 Å². The van der Waals surface area contributed by atoms with Crippen molar-refractivity contribution in [3.8, 4) is 0 Å². The largest absolute Gasteiger partial charge is 0.462 e. The Balaban J connectivity index is 3.59. The number of Topliss-reactive ketones (excluding diaryl/α,β-unsaturated/α-hetero) is 1. The number of hydrogen-bond acceptors (Lipinski definition) is 6. The number of halogens is 3. The number of rotatable bonds is 8. The number of unbranched alkanes of at least 4 members (excludes halogenated alkanes) is 1. The lowest BCUT2D eigenvalue weighted by atomic mass is 9.98. The first-order valence-electron chi connectivity index (χ1n) is 7.96. The van der Waals surface area contributed by atoms with Crippen LogP contribution in [0.2, 0.25) is 0 Å². The predicted molar refractivity (Wildman–Crippen MR) is 89.7 cm³/mol. The quantitative estimate of drug-likeness (QED) is 0.0781. The maximum absolute atomic E-state index is 14.5. The second kappa shape index (κ2) is 9.15. The molecule has 0 N–H and O–H groups in total. The van der Waals surface area contributed by atoms with Crippen LogP contribution >= 0.6 is 0 Å². The molecule has 0 saturated heterocycles. The molecule has 0 unspecified atom stereocenters. The molecule has 0 amide bonds. The molecule has 0 aliphatic heterocycles. The molecule has 0 atom stereocenters. The van der Waals surface area contributed by atoms with Crippen molar-refractivity contribution in [2.45, 2.75) is 26.7 Å². The Morgan fingerprint density at radius 1 is 1.19 bits per heavy atom. The van der Waals surface area contributed by atoms with Crippen molar-refractivity contribution in [3.05, 3.63) is 50.5 Å². The second-order valence-electron chi connectivity index (χ2n) is 5.87. The number of carbonyl (C=O) groups is 2. The van der Waals surface area contributed by atoms with E-state index in [4.69, 9.17) is 4.74 Å². The minimum absolute atomic E-state index is 0.0330. The zero-order valence-corrected chi connectivity index (χ0v) is 15.3. The molecule has 148 valence electrons. The minimum Gasteiger partial charge on any atom is -0.462 e. The third-order valence-electron chi connectivity index (χ3n) is 3.51. The first-order chi connectivity index (χ1) is 12.5. The minimum atomic E-state index is -1.98. The van der Waals surface area contributed by atoms with E-state index in [0.29, 0.717) is 12.8 Å². The highest BCUT2D eigenvalue weighted by Gasteiger charge is 2.37. The maximum atomic E-state index is 14.5. The Labute approximate surface area is 153 Å². The molecule has 0 aliphatic carbocycles. The molecule has 1 rings (SSSR count). The molecular weight excluding hydrogens is 369 g/mol. The summed E-state index contributed by atoms with van der Waals surface area (Å²) in [6, 6.07) is 0. The Bertz CT molecular complexity index is 806. The number of hydrogen-bond donors (Lipinski definition) is 0. The van der Waals surface area contributed by atoms with Gasteiger partial charge in [0, 0.05) is 25.9 Å². The number of nitrogens with zero attached hydrogens (tertiary/aromatic N) is 2. The molecule has 0 aromatic heterocycles. The van der Waals surface area contributed by atoms with Crippen LogP contribution in [0.1, 0.15) is 35.7 Å². The highest BCUT2D eigenvalue weighted by molar-refractivity contribution is 6.25. The van der Waals surface area contributed by atoms with Gasteiger partial charge in [0.2, 0.25) is 11.6 Å². The van der Waals surface area contributed by atoms with Crippen LogP contribution in [0.5, 0.6) is 0 Å². The van der Waals surface area contributed by atoms with Crippen molar-refractivity contribution in [3.63, 3.8) is 0 Å². The van der Waals surface area contributed by atoms with Gasteiger partial charge >= 0.3 is 11.7 Å². The zero-order valence-electron chi connectivity index (χ0n) is 15.3. The number of benzene rings is 1. The molecule has 7 nitrogen and oxygen atoms in total. The summed E-state index contributed by atoms with van der Waals surface area (Å²) in [5, 5.41) is 11.1. The Kier molecular flexibility index (Phi) is 7.50. The van der Waals surface area contributed by atoms with E-state index >= 15 is 0 Å². The average Bonchev–Trinajstić information content (AvgIpc) is 2.59. The van der Waals surface area contributed by atoms with Crippen LogP contribution < -0.4 is 0 Å². The fourth-order valence-corrected chi connectivity index (χ4v) is 2.13. The van der Waals surface area contributed by atoms with Crippen molar-refractivity contribution < 1.29 is 32.4 Å². The summed E-state index contributed by atoms with van der Waals surface area (Å²) in [6.45, 7) is 2.62. The standard InChI is InChI=1S/C17H19F3N2O5/c1-5-6-7-27-17(24)10(8-21(3)4)16(23)11-12(18)9(2)13(19)14(20)15(11)22(25)26/h8H,5-7H2,1-4H3. The van der Waals surface area contributed by atoms with Crippen molar-refractivity contribution in [2.24, 2.45) is 0 Å². The van der Waals surface area contributed by atoms with Gasteiger partial charge in [0.05, 0.1) is 11.5 Å². The topological polar surface area (TPSA) is 89.8 Å². The Morgan fingerprint density at radius 2 is 1.78 bits per heavy atom. The summed E-state index contributed by atoms with van der Waals surface area (Å²) in [7, 11) is 2.88. The lowest BCUT2D eigenvalue weighted by molar-refractivity contribution is -0.388. The van der Waals surface area contributed by atoms with Gasteiger partial charge in [-0.2, -0.15) is 4.39 Å². The van der Waals surface area contributed by atoms with Crippen molar-refractivity contribution in [2.75, 3.05) is 20.7 Å². The fraction of sp³-hybridized carbons (Fsp3) is 0.412. The van der Waals surface area contributed by atoms with Gasteiger partial charge in [0.25, 0.3) is 0 Å². The van der Waals surface area contributed by atoms with Crippen LogP contribution in [-0.4, -0.2) is 42.3 Å². The van der Waals surface area contributed by atoms with E-state index in [1.54, 1.807) is 0 Å². The molecule has 1 aromatic rings. The summed E-state index contributed by atoms with van der Waals surface area (Å²) < 4.78 is 47.0. The molecule has 1 aromatic carbocycles. The fourth-order valence-electron chi connectivity index (χ4n) is 2.13. The number of carbonyl (C=O) groups excluding carboxylic acids is 2. The third-order valence-corrected chi connectivity index (χ3v) is 3.51. The van der Waals surface area contributed by atoms with Crippen LogP contribution in [0.15, 0.2) is 11.8 Å². The molecule has 10 heteroatoms. The first kappa shape index (κ1) is 22.1. The zero-order chi connectivity index (χ0) is 20.9. The number of ketones is 1. The molecule has 0 saturated carbocycles. The smallest absolute Gasteiger partial charge is 0.343 e. The number of nitro benzene ring substituents is 1. The lowest BCUT2D eigenvalue weighted by Crippen LogP contribution is -2.22. The van der Waals surface area contributed by atoms with E-state index in [-0.39, 0.29) is 6.61 Å². The SMILES string of the molecule is CCCCOC(=O)C(=CN(C)C)C(=O)c1c(F)c(C)c(F)c(F)c1[N+](=O)[O-]. The first-order valence-corrected chi connectivity index (χ1v) is 7.96. The summed E-state index contributed by atoms with van der Waals surface area (Å²) in [4.78, 5) is 35.9. The lowest BCUT2D eigenvalue weighted by Gasteiger charge is -2.13. The Hall–Kier alpha value is -2.91. The normalized spacial score (nSPS) is 11.3. The van der Waals surface area contributed by atoms with E-state index in [9.17, 15) is 32.9 Å².